The van der Waals surface area contributed by atoms with Crippen LogP contribution in [0.15, 0.2) is 119 Å². The van der Waals surface area contributed by atoms with Gasteiger partial charge in [-0.2, -0.15) is 0 Å². The van der Waals surface area contributed by atoms with Crippen molar-refractivity contribution in [2.75, 3.05) is 12.5 Å². The number of carbonyl (C=O) groups is 2. The van der Waals surface area contributed by atoms with E-state index in [1.54, 1.807) is 48.9 Å². The van der Waals surface area contributed by atoms with E-state index in [0.717, 1.165) is 44.5 Å². The fourth-order valence-electron chi connectivity index (χ4n) is 7.05. The molecular weight excluding hydrogens is 787 g/mol. The largest absolute Gasteiger partial charge is 0.519 e. The summed E-state index contributed by atoms with van der Waals surface area (Å²) in [6.07, 6.45) is 6.57. The molecule has 0 saturated carbocycles. The maximum Gasteiger partial charge on any atom is 0.519 e. The van der Waals surface area contributed by atoms with Crippen LogP contribution in [0, 0.1) is 11.6 Å². The lowest BCUT2D eigenvalue weighted by Crippen LogP contribution is -2.08. The Morgan fingerprint density at radius 2 is 0.983 bits per heavy atom. The van der Waals surface area contributed by atoms with E-state index < -0.39 is 64.2 Å². The highest BCUT2D eigenvalue weighted by molar-refractivity contribution is 7.84. The first-order valence-corrected chi connectivity index (χ1v) is 21.1. The lowest BCUT2D eigenvalue weighted by molar-refractivity contribution is -0.146. The number of hydrogen-bond donors (Lipinski definition) is 0. The standard InChI is InChI=1S/C45H36F2O9S2/c1-25-35(17-27-5-11-31(12-6-27)57(3)51)33-15-9-29(46)19-39(33)37(25)21-43(48)53-23-41-42(56-45(50)55-41)24-54-44(49)22-38-26(2)36(34-16-10-30(47)20-40(34)38)18-28-7-13-32(14-8-28)58(4)52/h5-20H,21-24H2,1-4H3. The topological polar surface area (TPSA) is 130 Å². The van der Waals surface area contributed by atoms with Gasteiger partial charge in [0, 0.05) is 43.9 Å². The molecule has 296 valence electrons. The smallest absolute Gasteiger partial charge is 0.457 e. The van der Waals surface area contributed by atoms with Crippen molar-refractivity contribution in [3.8, 4) is 0 Å². The molecular formula is C45H36F2O9S2. The first kappa shape index (κ1) is 40.2. The SMILES string of the molecule is CC1=C(CC(=O)OCc2oc(=O)oc2COC(=O)CC2=C(C)C(=Cc3ccc(S(C)=O)cc3)c3ccc(F)cc32)c2cc(F)ccc2C1=Cc1ccc(S(C)=O)cc1. The van der Waals surface area contributed by atoms with E-state index in [0.29, 0.717) is 32.1 Å². The molecule has 0 saturated heterocycles. The average Bonchev–Trinajstić information content (AvgIpc) is 3.77. The van der Waals surface area contributed by atoms with Crippen LogP contribution in [-0.2, 0) is 53.9 Å². The van der Waals surface area contributed by atoms with Crippen molar-refractivity contribution in [2.24, 2.45) is 0 Å². The second-order valence-electron chi connectivity index (χ2n) is 13.7. The van der Waals surface area contributed by atoms with E-state index in [2.05, 4.69) is 0 Å². The normalized spacial score (nSPS) is 15.8. The van der Waals surface area contributed by atoms with E-state index in [9.17, 15) is 31.6 Å². The van der Waals surface area contributed by atoms with Crippen LogP contribution in [0.1, 0.15) is 71.6 Å². The molecule has 9 nitrogen and oxygen atoms in total. The third-order valence-corrected chi connectivity index (χ3v) is 11.9. The van der Waals surface area contributed by atoms with Crippen molar-refractivity contribution < 1.29 is 45.1 Å². The number of hydrogen-bond acceptors (Lipinski definition) is 9. The van der Waals surface area contributed by atoms with Gasteiger partial charge in [0.05, 0.1) is 12.8 Å². The molecule has 1 heterocycles. The van der Waals surface area contributed by atoms with Crippen LogP contribution < -0.4 is 5.82 Å². The van der Waals surface area contributed by atoms with Gasteiger partial charge in [-0.25, -0.2) is 13.6 Å². The van der Waals surface area contributed by atoms with Gasteiger partial charge in [0.15, 0.2) is 24.7 Å². The highest BCUT2D eigenvalue weighted by atomic mass is 32.2. The number of carbonyl (C=O) groups excluding carboxylic acids is 2. The summed E-state index contributed by atoms with van der Waals surface area (Å²) in [6.45, 7) is 2.64. The minimum Gasteiger partial charge on any atom is -0.457 e. The molecule has 7 rings (SSSR count). The minimum absolute atomic E-state index is 0.154. The molecule has 0 aliphatic heterocycles. The van der Waals surface area contributed by atoms with Crippen LogP contribution in [0.3, 0.4) is 0 Å². The monoisotopic (exact) mass is 822 g/mol. The highest BCUT2D eigenvalue weighted by Crippen LogP contribution is 2.45. The number of fused-ring (bicyclic) bond motifs is 2. The predicted octanol–water partition coefficient (Wildman–Crippen LogP) is 8.91. The van der Waals surface area contributed by atoms with E-state index in [1.807, 2.05) is 50.3 Å². The predicted molar refractivity (Wildman–Crippen MR) is 217 cm³/mol. The van der Waals surface area contributed by atoms with Gasteiger partial charge in [-0.05, 0) is 141 Å². The molecule has 0 bridgehead atoms. The summed E-state index contributed by atoms with van der Waals surface area (Å²) in [5.74, 6) is -3.73. The highest BCUT2D eigenvalue weighted by Gasteiger charge is 2.29. The van der Waals surface area contributed by atoms with Gasteiger partial charge in [0.25, 0.3) is 0 Å². The summed E-state index contributed by atoms with van der Waals surface area (Å²) in [4.78, 5) is 39.9. The molecule has 58 heavy (non-hydrogen) atoms. The van der Waals surface area contributed by atoms with Crippen LogP contribution in [0.2, 0.25) is 0 Å². The molecule has 0 radical (unpaired) electrons. The number of benzene rings is 4. The third-order valence-electron chi connectivity index (χ3n) is 10.0. The Kier molecular flexibility index (Phi) is 11.6. The van der Waals surface area contributed by atoms with Gasteiger partial charge in [0.2, 0.25) is 0 Å². The van der Waals surface area contributed by atoms with Crippen LogP contribution >= 0.6 is 0 Å². The lowest BCUT2D eigenvalue weighted by atomic mass is 10.0. The van der Waals surface area contributed by atoms with Gasteiger partial charge < -0.3 is 18.3 Å². The first-order valence-electron chi connectivity index (χ1n) is 18.0. The Hall–Kier alpha value is -6.05. The van der Waals surface area contributed by atoms with Crippen molar-refractivity contribution >= 4 is 68.0 Å². The summed E-state index contributed by atoms with van der Waals surface area (Å²) >= 11 is 0. The van der Waals surface area contributed by atoms with Crippen LogP contribution in [0.25, 0.3) is 34.4 Å². The number of rotatable bonds is 12. The Morgan fingerprint density at radius 1 is 0.603 bits per heavy atom. The molecule has 1 aromatic heterocycles. The van der Waals surface area contributed by atoms with Crippen LogP contribution in [0.5, 0.6) is 0 Å². The molecule has 2 unspecified atom stereocenters. The van der Waals surface area contributed by atoms with Crippen LogP contribution in [0.4, 0.5) is 8.78 Å². The third kappa shape index (κ3) is 8.60. The van der Waals surface area contributed by atoms with E-state index in [-0.39, 0.29) is 24.4 Å². The summed E-state index contributed by atoms with van der Waals surface area (Å²) in [5.41, 5.74) is 8.40. The number of halogens is 2. The van der Waals surface area contributed by atoms with Gasteiger partial charge >= 0.3 is 17.8 Å². The molecule has 2 aliphatic carbocycles. The Morgan fingerprint density at radius 3 is 1.34 bits per heavy atom. The fourth-order valence-corrected chi connectivity index (χ4v) is 8.08. The van der Waals surface area contributed by atoms with Crippen molar-refractivity contribution in [1.29, 1.82) is 0 Å². The fraction of sp³-hybridized carbons (Fsp3) is 0.178. The molecule has 5 aromatic rings. The Balaban J connectivity index is 1.03. The maximum absolute atomic E-state index is 14.5. The zero-order valence-corrected chi connectivity index (χ0v) is 33.4. The zero-order chi connectivity index (χ0) is 41.2. The summed E-state index contributed by atoms with van der Waals surface area (Å²) < 4.78 is 73.8. The van der Waals surface area contributed by atoms with Crippen LogP contribution in [-0.4, -0.2) is 32.9 Å². The second kappa shape index (κ2) is 16.8. The van der Waals surface area contributed by atoms with E-state index in [1.165, 1.54) is 24.3 Å². The number of ether oxygens (including phenoxy) is 2. The molecule has 13 heteroatoms. The lowest BCUT2D eigenvalue weighted by Gasteiger charge is -2.08. The van der Waals surface area contributed by atoms with E-state index >= 15 is 0 Å². The summed E-state index contributed by atoms with van der Waals surface area (Å²) in [7, 11) is -2.26. The molecule has 4 aromatic carbocycles. The molecule has 0 fully saturated rings. The van der Waals surface area contributed by atoms with Gasteiger partial charge in [-0.3, -0.25) is 18.0 Å². The Labute approximate surface area is 337 Å². The van der Waals surface area contributed by atoms with Gasteiger partial charge in [0.1, 0.15) is 11.6 Å². The molecule has 0 amide bonds. The number of esters is 2. The van der Waals surface area contributed by atoms with E-state index in [4.69, 9.17) is 18.3 Å². The minimum atomic E-state index is -1.13. The quantitative estimate of drug-likeness (QED) is 0.113. The molecule has 0 spiro atoms. The maximum atomic E-state index is 14.5. The average molecular weight is 823 g/mol. The van der Waals surface area contributed by atoms with Crippen molar-refractivity contribution in [1.82, 2.24) is 0 Å². The first-order chi connectivity index (χ1) is 27.7. The molecule has 2 atom stereocenters. The second-order valence-corrected chi connectivity index (χ2v) is 16.5. The van der Waals surface area contributed by atoms with Gasteiger partial charge in [-0.15, -0.1) is 0 Å². The Bertz CT molecular complexity index is 2530. The zero-order valence-electron chi connectivity index (χ0n) is 31.8. The summed E-state index contributed by atoms with van der Waals surface area (Å²) in [5, 5.41) is 0. The van der Waals surface area contributed by atoms with Gasteiger partial charge in [-0.1, -0.05) is 36.4 Å². The molecule has 0 N–H and O–H groups in total. The summed E-state index contributed by atoms with van der Waals surface area (Å²) in [6, 6.07) is 23.1. The van der Waals surface area contributed by atoms with Crippen molar-refractivity contribution in [3.63, 3.8) is 0 Å². The number of allylic oxidation sites excluding steroid dienone is 4. The van der Waals surface area contributed by atoms with Crippen molar-refractivity contribution in [2.45, 2.75) is 49.7 Å². The molecule has 2 aliphatic rings. The van der Waals surface area contributed by atoms with Crippen molar-refractivity contribution in [3.05, 3.63) is 163 Å².